The molecule has 34 heavy (non-hydrogen) atoms. The monoisotopic (exact) mass is 446 g/mol. The summed E-state index contributed by atoms with van der Waals surface area (Å²) in [6, 6.07) is 18.1. The van der Waals surface area contributed by atoms with E-state index in [4.69, 9.17) is 4.74 Å². The van der Waals surface area contributed by atoms with E-state index in [0.29, 0.717) is 18.9 Å². The van der Waals surface area contributed by atoms with E-state index in [-0.39, 0.29) is 6.61 Å². The summed E-state index contributed by atoms with van der Waals surface area (Å²) in [4.78, 5) is 8.92. The lowest BCUT2D eigenvalue weighted by molar-refractivity contribution is 0.257. The molecule has 1 aromatic heterocycles. The van der Waals surface area contributed by atoms with Crippen molar-refractivity contribution in [3.8, 4) is 5.75 Å². The summed E-state index contributed by atoms with van der Waals surface area (Å²) in [7, 11) is 0. The number of aromatic nitrogens is 1. The Hall–Kier alpha value is -4.02. The first-order chi connectivity index (χ1) is 16.8. The third kappa shape index (κ3) is 5.30. The number of hydrogen-bond acceptors (Lipinski definition) is 4. The molecule has 2 aromatic carbocycles. The van der Waals surface area contributed by atoms with Gasteiger partial charge in [-0.3, -0.25) is 9.98 Å². The van der Waals surface area contributed by atoms with Crippen molar-refractivity contribution in [1.82, 2.24) is 4.98 Å². The number of rotatable bonds is 8. The maximum absolute atomic E-state index is 9.67. The summed E-state index contributed by atoms with van der Waals surface area (Å²) in [5.41, 5.74) is 8.64. The predicted molar refractivity (Wildman–Crippen MR) is 139 cm³/mol. The highest BCUT2D eigenvalue weighted by Gasteiger charge is 2.07. The first-order valence-electron chi connectivity index (χ1n) is 11.4. The van der Waals surface area contributed by atoms with Gasteiger partial charge in [-0.25, -0.2) is 0 Å². The molecule has 4 heteroatoms. The van der Waals surface area contributed by atoms with Gasteiger partial charge in [0.1, 0.15) is 12.4 Å². The van der Waals surface area contributed by atoms with Crippen LogP contribution in [-0.2, 0) is 19.6 Å². The lowest BCUT2D eigenvalue weighted by Crippen LogP contribution is -2.00. The lowest BCUT2D eigenvalue weighted by Gasteiger charge is -2.10. The van der Waals surface area contributed by atoms with E-state index in [1.165, 1.54) is 22.3 Å². The lowest BCUT2D eigenvalue weighted by atomic mass is 10.0. The molecule has 2 heterocycles. The van der Waals surface area contributed by atoms with Gasteiger partial charge in [-0.2, -0.15) is 0 Å². The van der Waals surface area contributed by atoms with Crippen molar-refractivity contribution in [2.75, 3.05) is 6.54 Å². The summed E-state index contributed by atoms with van der Waals surface area (Å²) in [6.45, 7) is 0.963. The van der Waals surface area contributed by atoms with Crippen molar-refractivity contribution in [2.24, 2.45) is 4.99 Å². The number of ether oxygens (including phenoxy) is 1. The smallest absolute Gasteiger partial charge is 0.130 e. The topological polar surface area (TPSA) is 54.7 Å². The fraction of sp³-hybridized carbons (Fsp3) is 0.133. The van der Waals surface area contributed by atoms with E-state index < -0.39 is 0 Å². The first kappa shape index (κ1) is 21.8. The van der Waals surface area contributed by atoms with Crippen LogP contribution >= 0.6 is 0 Å². The Morgan fingerprint density at radius 3 is 2.71 bits per heavy atom. The van der Waals surface area contributed by atoms with Gasteiger partial charge in [0.2, 0.25) is 0 Å². The molecule has 5 rings (SSSR count). The zero-order valence-electron chi connectivity index (χ0n) is 18.9. The van der Waals surface area contributed by atoms with Crippen molar-refractivity contribution < 1.29 is 9.84 Å². The van der Waals surface area contributed by atoms with Crippen molar-refractivity contribution in [2.45, 2.75) is 19.6 Å². The number of aliphatic hydroxyl groups excluding tert-OH is 1. The van der Waals surface area contributed by atoms with Crippen LogP contribution < -0.4 is 4.74 Å². The number of fused-ring (bicyclic) bond motifs is 1. The van der Waals surface area contributed by atoms with E-state index in [1.807, 2.05) is 48.6 Å². The molecule has 0 atom stereocenters. The van der Waals surface area contributed by atoms with Gasteiger partial charge in [0, 0.05) is 11.8 Å². The summed E-state index contributed by atoms with van der Waals surface area (Å²) in [5.74, 6) is 0.660. The predicted octanol–water partition coefficient (Wildman–Crippen LogP) is 5.83. The van der Waals surface area contributed by atoms with Crippen molar-refractivity contribution >= 4 is 23.9 Å². The minimum Gasteiger partial charge on any atom is -0.487 e. The summed E-state index contributed by atoms with van der Waals surface area (Å²) in [5, 5.41) is 9.67. The van der Waals surface area contributed by atoms with E-state index in [1.54, 1.807) is 6.20 Å². The van der Waals surface area contributed by atoms with Crippen LogP contribution in [0.3, 0.4) is 0 Å². The molecule has 0 spiro atoms. The van der Waals surface area contributed by atoms with Gasteiger partial charge >= 0.3 is 0 Å². The maximum atomic E-state index is 9.67. The van der Waals surface area contributed by atoms with Crippen LogP contribution in [0.1, 0.15) is 33.5 Å². The fourth-order valence-corrected chi connectivity index (χ4v) is 4.01. The van der Waals surface area contributed by atoms with Gasteiger partial charge in [0.05, 0.1) is 24.6 Å². The molecule has 0 saturated heterocycles. The SMILES string of the molecule is OCc1ccc(/C=C/C2=NCC(/C=C/c3ccc4c(c3)CC=C4)=C2)cc1OCc1ccccn1. The van der Waals surface area contributed by atoms with E-state index >= 15 is 0 Å². The number of aliphatic hydroxyl groups is 1. The van der Waals surface area contributed by atoms with Crippen molar-refractivity contribution in [3.05, 3.63) is 124 Å². The van der Waals surface area contributed by atoms with Crippen LogP contribution in [0.4, 0.5) is 0 Å². The Balaban J connectivity index is 1.23. The minimum absolute atomic E-state index is 0.0760. The van der Waals surface area contributed by atoms with Crippen molar-refractivity contribution in [1.29, 1.82) is 0 Å². The molecule has 0 radical (unpaired) electrons. The van der Waals surface area contributed by atoms with Gasteiger partial charge < -0.3 is 9.84 Å². The van der Waals surface area contributed by atoms with Crippen LogP contribution in [0.25, 0.3) is 18.2 Å². The van der Waals surface area contributed by atoms with Crippen molar-refractivity contribution in [3.63, 3.8) is 0 Å². The van der Waals surface area contributed by atoms with Gasteiger partial charge in [-0.05, 0) is 64.6 Å². The third-order valence-corrected chi connectivity index (χ3v) is 5.88. The standard InChI is InChI=1S/C30H26N2O2/c33-20-27-13-10-23(18-30(27)34-21-29-6-1-2-15-31-29)11-14-28-17-24(19-32-28)8-7-22-9-12-25-4-3-5-26(25)16-22/h1-4,6-18,33H,5,19-21H2/b8-7+,14-11+. The van der Waals surface area contributed by atoms with E-state index in [9.17, 15) is 5.11 Å². The molecule has 2 aliphatic rings. The summed E-state index contributed by atoms with van der Waals surface area (Å²) < 4.78 is 5.93. The molecular formula is C30H26N2O2. The average Bonchev–Trinajstić information content (AvgIpc) is 3.54. The Morgan fingerprint density at radius 2 is 1.82 bits per heavy atom. The normalized spacial score (nSPS) is 14.6. The van der Waals surface area contributed by atoms with E-state index in [0.717, 1.165) is 29.0 Å². The molecule has 0 fully saturated rings. The molecule has 0 saturated carbocycles. The molecule has 0 amide bonds. The number of allylic oxidation sites excluding steroid dienone is 3. The van der Waals surface area contributed by atoms with Gasteiger partial charge in [-0.15, -0.1) is 0 Å². The molecule has 1 N–H and O–H groups in total. The van der Waals surface area contributed by atoms with Gasteiger partial charge in [0.25, 0.3) is 0 Å². The molecule has 1 aliphatic heterocycles. The average molecular weight is 447 g/mol. The molecule has 4 nitrogen and oxygen atoms in total. The zero-order valence-corrected chi connectivity index (χ0v) is 18.9. The molecule has 1 aliphatic carbocycles. The summed E-state index contributed by atoms with van der Waals surface area (Å²) >= 11 is 0. The number of pyridine rings is 1. The molecular weight excluding hydrogens is 420 g/mol. The Morgan fingerprint density at radius 1 is 0.941 bits per heavy atom. The van der Waals surface area contributed by atoms with Crippen LogP contribution in [0, 0.1) is 0 Å². The second-order valence-electron chi connectivity index (χ2n) is 8.33. The van der Waals surface area contributed by atoms with Crippen LogP contribution in [0.15, 0.2) is 95.7 Å². The largest absolute Gasteiger partial charge is 0.487 e. The van der Waals surface area contributed by atoms with Crippen LogP contribution in [0.2, 0.25) is 0 Å². The fourth-order valence-electron chi connectivity index (χ4n) is 4.01. The number of nitrogens with zero attached hydrogens (tertiary/aromatic N) is 2. The number of aliphatic imine (C=N–C) groups is 1. The number of benzene rings is 2. The second kappa shape index (κ2) is 10.3. The quantitative estimate of drug-likeness (QED) is 0.474. The molecule has 0 unspecified atom stereocenters. The highest BCUT2D eigenvalue weighted by atomic mass is 16.5. The molecule has 3 aromatic rings. The first-order valence-corrected chi connectivity index (χ1v) is 11.4. The Bertz CT molecular complexity index is 1330. The maximum Gasteiger partial charge on any atom is 0.130 e. The zero-order chi connectivity index (χ0) is 23.2. The third-order valence-electron chi connectivity index (χ3n) is 5.88. The summed E-state index contributed by atoms with van der Waals surface area (Å²) in [6.07, 6.45) is 17.6. The second-order valence-corrected chi connectivity index (χ2v) is 8.33. The van der Waals surface area contributed by atoms with Crippen LogP contribution in [0.5, 0.6) is 5.75 Å². The number of hydrogen-bond donors (Lipinski definition) is 1. The van der Waals surface area contributed by atoms with E-state index in [2.05, 4.69) is 58.6 Å². The Labute approximate surface area is 200 Å². The van der Waals surface area contributed by atoms with Gasteiger partial charge in [0.15, 0.2) is 0 Å². The highest BCUT2D eigenvalue weighted by Crippen LogP contribution is 2.24. The highest BCUT2D eigenvalue weighted by molar-refractivity contribution is 6.08. The molecule has 0 bridgehead atoms. The molecule has 168 valence electrons. The minimum atomic E-state index is -0.0760. The Kier molecular flexibility index (Phi) is 6.59. The van der Waals surface area contributed by atoms with Crippen LogP contribution in [-0.4, -0.2) is 22.3 Å². The van der Waals surface area contributed by atoms with Gasteiger partial charge in [-0.1, -0.05) is 66.8 Å².